The van der Waals surface area contributed by atoms with Gasteiger partial charge in [-0.25, -0.2) is 0 Å². The number of carboxylic acids is 1. The number of ether oxygens (including phenoxy) is 3. The molecule has 0 aromatic rings. The van der Waals surface area contributed by atoms with E-state index in [1.807, 2.05) is 0 Å². The Morgan fingerprint density at radius 3 is 1.33 bits per heavy atom. The molecule has 0 spiro atoms. The van der Waals surface area contributed by atoms with E-state index in [4.69, 9.17) is 14.2 Å². The number of carbonyl (C=O) groups excluding carboxylic acids is 3. The van der Waals surface area contributed by atoms with E-state index in [1.54, 1.807) is 21.1 Å². The number of carbonyl (C=O) groups is 3. The molecule has 2 atom stereocenters. The van der Waals surface area contributed by atoms with Crippen molar-refractivity contribution in [1.29, 1.82) is 0 Å². The van der Waals surface area contributed by atoms with Crippen LogP contribution in [0.2, 0.25) is 0 Å². The molecule has 0 saturated carbocycles. The normalized spacial score (nSPS) is 13.9. The minimum atomic E-state index is -1.14. The lowest BCUT2D eigenvalue weighted by molar-refractivity contribution is -0.889. The topological polar surface area (TPSA) is 102 Å². The zero-order valence-electron chi connectivity index (χ0n) is 39.0. The smallest absolute Gasteiger partial charge is 0.306 e. The fourth-order valence-corrected chi connectivity index (χ4v) is 6.10. The second kappa shape index (κ2) is 42.7. The Bertz CT molecular complexity index is 1360. The number of rotatable bonds is 40. The van der Waals surface area contributed by atoms with Crippen molar-refractivity contribution in [2.24, 2.45) is 0 Å². The molecular formula is C53H85NO7. The molecule has 0 fully saturated rings. The van der Waals surface area contributed by atoms with Crippen LogP contribution in [-0.4, -0.2) is 75.5 Å². The van der Waals surface area contributed by atoms with Gasteiger partial charge in [0.25, 0.3) is 0 Å². The molecule has 0 saturated heterocycles. The van der Waals surface area contributed by atoms with Gasteiger partial charge in [-0.3, -0.25) is 9.59 Å². The van der Waals surface area contributed by atoms with E-state index in [2.05, 4.69) is 123 Å². The van der Waals surface area contributed by atoms with Gasteiger partial charge in [-0.15, -0.1) is 0 Å². The van der Waals surface area contributed by atoms with Crippen LogP contribution in [0, 0.1) is 0 Å². The lowest BCUT2D eigenvalue weighted by Crippen LogP contribution is -2.55. The molecule has 0 aromatic heterocycles. The van der Waals surface area contributed by atoms with Crippen molar-refractivity contribution in [3.05, 3.63) is 109 Å². The van der Waals surface area contributed by atoms with Gasteiger partial charge in [0.1, 0.15) is 12.6 Å². The van der Waals surface area contributed by atoms with Crippen molar-refractivity contribution in [1.82, 2.24) is 0 Å². The van der Waals surface area contributed by atoms with Gasteiger partial charge in [-0.1, -0.05) is 155 Å². The largest absolute Gasteiger partial charge is 0.544 e. The third-order valence-electron chi connectivity index (χ3n) is 9.65. The van der Waals surface area contributed by atoms with Crippen molar-refractivity contribution in [2.45, 2.75) is 167 Å². The molecule has 2 unspecified atom stereocenters. The summed E-state index contributed by atoms with van der Waals surface area (Å²) in [6, 6.07) is -0.744. The molecule has 0 aliphatic rings. The standard InChI is InChI=1S/C53H85NO7/c1-6-8-10-12-14-16-18-20-22-23-24-25-26-27-28-29-30-32-34-36-38-40-42-44-52(56)61-49(47-59-46-45-50(53(57)58)54(3,4)5)48-60-51(55)43-41-39-37-35-33-31-21-19-17-15-13-11-9-7-2/h8-11,14-17,20,22,24-25,27-28,30,32,36,38,49-50H,6-7,12-13,18-19,21,23,26,29,31,33-35,37,39-48H2,1-5H3/b10-8+,11-9+,16-14+,17-15+,22-20+,25-24+,28-27+,32-30+,38-36+. The van der Waals surface area contributed by atoms with Crippen LogP contribution in [0.1, 0.15) is 155 Å². The molecule has 344 valence electrons. The molecule has 8 nitrogen and oxygen atoms in total. The first-order valence-electron chi connectivity index (χ1n) is 23.4. The van der Waals surface area contributed by atoms with Gasteiger partial charge in [-0.2, -0.15) is 0 Å². The van der Waals surface area contributed by atoms with Crippen LogP contribution in [0.25, 0.3) is 0 Å². The fourth-order valence-electron chi connectivity index (χ4n) is 6.10. The number of hydrogen-bond acceptors (Lipinski definition) is 7. The second-order valence-corrected chi connectivity index (χ2v) is 16.2. The number of quaternary nitrogens is 1. The SMILES string of the molecule is CC/C=C/C/C=C/C/C=C/C/C=C/C/C=C/C/C=C/C/C=C/CCCC(=O)OC(COCCC(C(=O)[O-])[N+](C)(C)C)COC(=O)CCCCCCCCC/C=C/C/C=C/CC. The third kappa shape index (κ3) is 41.1. The Labute approximate surface area is 372 Å². The van der Waals surface area contributed by atoms with Gasteiger partial charge in [0.2, 0.25) is 0 Å². The average molecular weight is 848 g/mol. The predicted molar refractivity (Wildman–Crippen MR) is 254 cm³/mol. The van der Waals surface area contributed by atoms with Crippen molar-refractivity contribution in [3.63, 3.8) is 0 Å². The molecule has 0 aliphatic carbocycles. The van der Waals surface area contributed by atoms with E-state index < -0.39 is 18.1 Å². The van der Waals surface area contributed by atoms with Gasteiger partial charge < -0.3 is 28.6 Å². The van der Waals surface area contributed by atoms with E-state index in [-0.39, 0.29) is 49.1 Å². The quantitative estimate of drug-likeness (QED) is 0.0262. The average Bonchev–Trinajstić information content (AvgIpc) is 3.22. The summed E-state index contributed by atoms with van der Waals surface area (Å²) in [6.07, 6.45) is 58.4. The van der Waals surface area contributed by atoms with E-state index in [1.165, 1.54) is 25.7 Å². The zero-order valence-corrected chi connectivity index (χ0v) is 39.0. The van der Waals surface area contributed by atoms with Gasteiger partial charge in [0.05, 0.1) is 40.3 Å². The highest BCUT2D eigenvalue weighted by atomic mass is 16.6. The van der Waals surface area contributed by atoms with Crippen LogP contribution in [0.15, 0.2) is 109 Å². The Hall–Kier alpha value is -4.01. The lowest BCUT2D eigenvalue weighted by atomic mass is 10.1. The predicted octanol–water partition coefficient (Wildman–Crippen LogP) is 11.9. The zero-order chi connectivity index (χ0) is 44.9. The summed E-state index contributed by atoms with van der Waals surface area (Å²) in [5.74, 6) is -1.84. The summed E-state index contributed by atoms with van der Waals surface area (Å²) >= 11 is 0. The van der Waals surface area contributed by atoms with Crippen LogP contribution in [-0.2, 0) is 28.6 Å². The van der Waals surface area contributed by atoms with Crippen LogP contribution in [0.4, 0.5) is 0 Å². The Morgan fingerprint density at radius 1 is 0.492 bits per heavy atom. The number of nitrogens with zero attached hydrogens (tertiary/aromatic N) is 1. The highest BCUT2D eigenvalue weighted by Gasteiger charge is 2.25. The molecule has 0 N–H and O–H groups in total. The van der Waals surface area contributed by atoms with E-state index in [0.717, 1.165) is 89.9 Å². The van der Waals surface area contributed by atoms with E-state index in [9.17, 15) is 19.5 Å². The molecule has 0 aliphatic heterocycles. The molecule has 0 amide bonds. The van der Waals surface area contributed by atoms with Gasteiger partial charge in [0, 0.05) is 19.3 Å². The van der Waals surface area contributed by atoms with Crippen LogP contribution in [0.5, 0.6) is 0 Å². The van der Waals surface area contributed by atoms with Crippen LogP contribution >= 0.6 is 0 Å². The minimum absolute atomic E-state index is 0.00743. The van der Waals surface area contributed by atoms with Gasteiger partial charge in [-0.05, 0) is 89.9 Å². The highest BCUT2D eigenvalue weighted by molar-refractivity contribution is 5.70. The van der Waals surface area contributed by atoms with Crippen molar-refractivity contribution >= 4 is 17.9 Å². The molecule has 0 bridgehead atoms. The van der Waals surface area contributed by atoms with E-state index in [0.29, 0.717) is 12.8 Å². The Kier molecular flexibility index (Phi) is 39.9. The number of unbranched alkanes of at least 4 members (excludes halogenated alkanes) is 8. The molecule has 61 heavy (non-hydrogen) atoms. The number of aliphatic carboxylic acids is 1. The number of carboxylic acid groups (broad SMARTS) is 1. The summed E-state index contributed by atoms with van der Waals surface area (Å²) in [5, 5.41) is 11.6. The number of hydrogen-bond donors (Lipinski definition) is 0. The summed E-state index contributed by atoms with van der Waals surface area (Å²) in [4.78, 5) is 36.9. The van der Waals surface area contributed by atoms with Gasteiger partial charge >= 0.3 is 11.9 Å². The summed E-state index contributed by atoms with van der Waals surface area (Å²) in [5.41, 5.74) is 0. The van der Waals surface area contributed by atoms with Crippen molar-refractivity contribution in [3.8, 4) is 0 Å². The summed E-state index contributed by atoms with van der Waals surface area (Å²) < 4.78 is 17.1. The molecule has 0 aromatic carbocycles. The molecule has 8 heteroatoms. The van der Waals surface area contributed by atoms with Crippen molar-refractivity contribution in [2.75, 3.05) is 41.0 Å². The van der Waals surface area contributed by atoms with Crippen molar-refractivity contribution < 1.29 is 38.2 Å². The first-order valence-corrected chi connectivity index (χ1v) is 23.4. The lowest BCUT2D eigenvalue weighted by Gasteiger charge is -2.34. The minimum Gasteiger partial charge on any atom is -0.544 e. The fraction of sp³-hybridized carbons (Fsp3) is 0.604. The molecular weight excluding hydrogens is 763 g/mol. The first kappa shape index (κ1) is 57.0. The third-order valence-corrected chi connectivity index (χ3v) is 9.65. The Morgan fingerprint density at radius 2 is 0.885 bits per heavy atom. The maximum atomic E-state index is 12.7. The molecule has 0 radical (unpaired) electrons. The number of allylic oxidation sites excluding steroid dienone is 18. The van der Waals surface area contributed by atoms with E-state index >= 15 is 0 Å². The molecule has 0 heterocycles. The Balaban J connectivity index is 4.45. The monoisotopic (exact) mass is 848 g/mol. The maximum Gasteiger partial charge on any atom is 0.306 e. The maximum absolute atomic E-state index is 12.7. The second-order valence-electron chi connectivity index (χ2n) is 16.2. The number of esters is 2. The van der Waals surface area contributed by atoms with Gasteiger partial charge in [0.15, 0.2) is 6.10 Å². The summed E-state index contributed by atoms with van der Waals surface area (Å²) in [7, 11) is 5.37. The van der Waals surface area contributed by atoms with Crippen LogP contribution < -0.4 is 5.11 Å². The highest BCUT2D eigenvalue weighted by Crippen LogP contribution is 2.12. The number of likely N-dealkylation sites (N-methyl/N-ethyl adjacent to an activating group) is 1. The van der Waals surface area contributed by atoms with Crippen LogP contribution in [0.3, 0.4) is 0 Å². The first-order chi connectivity index (χ1) is 29.6. The summed E-state index contributed by atoms with van der Waals surface area (Å²) in [6.45, 7) is 4.35. The molecule has 0 rings (SSSR count).